The summed E-state index contributed by atoms with van der Waals surface area (Å²) in [6.07, 6.45) is 3.16. The van der Waals surface area contributed by atoms with Gasteiger partial charge in [-0.15, -0.1) is 0 Å². The molecule has 2 amide bonds. The minimum absolute atomic E-state index is 0.108. The van der Waals surface area contributed by atoms with E-state index < -0.39 is 6.04 Å². The molecule has 8 nitrogen and oxygen atoms in total. The molecule has 0 saturated heterocycles. The molecule has 144 valence electrons. The van der Waals surface area contributed by atoms with Gasteiger partial charge in [0.2, 0.25) is 11.8 Å². The summed E-state index contributed by atoms with van der Waals surface area (Å²) in [6, 6.07) is 14.1. The van der Waals surface area contributed by atoms with E-state index in [2.05, 4.69) is 20.7 Å². The number of methoxy groups -OCH3 is 1. The van der Waals surface area contributed by atoms with E-state index in [0.717, 1.165) is 11.3 Å². The van der Waals surface area contributed by atoms with E-state index in [4.69, 9.17) is 4.74 Å². The highest BCUT2D eigenvalue weighted by Gasteiger charge is 2.17. The van der Waals surface area contributed by atoms with Gasteiger partial charge < -0.3 is 15.4 Å². The van der Waals surface area contributed by atoms with E-state index in [1.54, 1.807) is 42.4 Å². The molecule has 0 bridgehead atoms. The second-order valence-corrected chi connectivity index (χ2v) is 6.17. The molecule has 0 radical (unpaired) electrons. The number of benzene rings is 2. The van der Waals surface area contributed by atoms with Gasteiger partial charge in [-0.25, -0.2) is 9.67 Å². The number of ether oxygens (including phenoxy) is 1. The number of aromatic nitrogens is 3. The molecular formula is C20H21N5O3. The summed E-state index contributed by atoms with van der Waals surface area (Å²) in [4.78, 5) is 28.0. The van der Waals surface area contributed by atoms with E-state index in [0.29, 0.717) is 11.4 Å². The molecule has 1 atom stereocenters. The topological polar surface area (TPSA) is 98.1 Å². The lowest BCUT2D eigenvalue weighted by molar-refractivity contribution is -0.120. The minimum Gasteiger partial charge on any atom is -0.497 e. The molecule has 0 saturated carbocycles. The number of hydrogen-bond donors (Lipinski definition) is 2. The van der Waals surface area contributed by atoms with Crippen molar-refractivity contribution in [3.05, 3.63) is 66.7 Å². The van der Waals surface area contributed by atoms with E-state index in [1.807, 2.05) is 24.3 Å². The Morgan fingerprint density at radius 3 is 2.39 bits per heavy atom. The number of carbonyl (C=O) groups excluding carboxylic acids is 2. The van der Waals surface area contributed by atoms with E-state index in [-0.39, 0.29) is 18.2 Å². The maximum Gasteiger partial charge on any atom is 0.226 e. The van der Waals surface area contributed by atoms with Crippen molar-refractivity contribution in [1.82, 2.24) is 20.1 Å². The van der Waals surface area contributed by atoms with Crippen molar-refractivity contribution >= 4 is 17.5 Å². The Kier molecular flexibility index (Phi) is 6.01. The highest BCUT2D eigenvalue weighted by Crippen LogP contribution is 2.21. The van der Waals surface area contributed by atoms with Crippen LogP contribution in [-0.2, 0) is 9.59 Å². The van der Waals surface area contributed by atoms with Crippen molar-refractivity contribution in [2.45, 2.75) is 19.4 Å². The van der Waals surface area contributed by atoms with Gasteiger partial charge in [0, 0.05) is 12.6 Å². The second kappa shape index (κ2) is 8.81. The monoisotopic (exact) mass is 379 g/mol. The zero-order valence-corrected chi connectivity index (χ0v) is 15.6. The standard InChI is InChI=1S/C20H21N5O3/c1-14(26)23-19(15-3-9-18(28-2)10-4-15)11-20(27)24-16-5-7-17(8-6-16)25-13-21-12-22-25/h3-10,12-13,19H,11H2,1-2H3,(H,23,26)(H,24,27). The van der Waals surface area contributed by atoms with Crippen molar-refractivity contribution in [1.29, 1.82) is 0 Å². The summed E-state index contributed by atoms with van der Waals surface area (Å²) in [6.45, 7) is 1.43. The number of hydrogen-bond acceptors (Lipinski definition) is 5. The van der Waals surface area contributed by atoms with Crippen LogP contribution in [0.15, 0.2) is 61.2 Å². The fraction of sp³-hybridized carbons (Fsp3) is 0.200. The van der Waals surface area contributed by atoms with Gasteiger partial charge in [-0.2, -0.15) is 5.10 Å². The fourth-order valence-electron chi connectivity index (χ4n) is 2.77. The summed E-state index contributed by atoms with van der Waals surface area (Å²) in [5.41, 5.74) is 2.32. The summed E-state index contributed by atoms with van der Waals surface area (Å²) in [5, 5.41) is 9.73. The Morgan fingerprint density at radius 1 is 1.11 bits per heavy atom. The SMILES string of the molecule is COc1ccc(C(CC(=O)Nc2ccc(-n3cncn3)cc2)NC(C)=O)cc1. The van der Waals surface area contributed by atoms with Crippen molar-refractivity contribution < 1.29 is 14.3 Å². The van der Waals surface area contributed by atoms with Crippen LogP contribution in [0.4, 0.5) is 5.69 Å². The van der Waals surface area contributed by atoms with Crippen LogP contribution in [0.5, 0.6) is 5.75 Å². The maximum absolute atomic E-state index is 12.5. The Hall–Kier alpha value is -3.68. The van der Waals surface area contributed by atoms with Crippen molar-refractivity contribution in [2.75, 3.05) is 12.4 Å². The van der Waals surface area contributed by atoms with Crippen LogP contribution in [-0.4, -0.2) is 33.7 Å². The van der Waals surface area contributed by atoms with E-state index in [9.17, 15) is 9.59 Å². The van der Waals surface area contributed by atoms with Crippen molar-refractivity contribution in [3.63, 3.8) is 0 Å². The Bertz CT molecular complexity index is 921. The average Bonchev–Trinajstić information content (AvgIpc) is 3.22. The van der Waals surface area contributed by atoms with E-state index >= 15 is 0 Å². The molecule has 1 aromatic heterocycles. The molecule has 2 aromatic carbocycles. The van der Waals surface area contributed by atoms with Gasteiger partial charge in [0.1, 0.15) is 18.4 Å². The van der Waals surface area contributed by atoms with Crippen molar-refractivity contribution in [2.24, 2.45) is 0 Å². The molecule has 28 heavy (non-hydrogen) atoms. The van der Waals surface area contributed by atoms with Crippen LogP contribution in [0.2, 0.25) is 0 Å². The average molecular weight is 379 g/mol. The number of carbonyl (C=O) groups is 2. The first kappa shape index (κ1) is 19.1. The molecule has 0 aliphatic carbocycles. The zero-order valence-electron chi connectivity index (χ0n) is 15.6. The summed E-state index contributed by atoms with van der Waals surface area (Å²) in [7, 11) is 1.59. The Morgan fingerprint density at radius 2 is 1.82 bits per heavy atom. The molecule has 2 N–H and O–H groups in total. The van der Waals surface area contributed by atoms with Gasteiger partial charge in [0.15, 0.2) is 0 Å². The molecule has 0 spiro atoms. The Balaban J connectivity index is 1.66. The largest absolute Gasteiger partial charge is 0.497 e. The summed E-state index contributed by atoms with van der Waals surface area (Å²) >= 11 is 0. The van der Waals surface area contributed by atoms with Gasteiger partial charge in [-0.3, -0.25) is 9.59 Å². The number of rotatable bonds is 7. The molecule has 0 aliphatic rings. The van der Waals surface area contributed by atoms with Gasteiger partial charge in [0.05, 0.1) is 25.3 Å². The summed E-state index contributed by atoms with van der Waals surface area (Å²) in [5.74, 6) is 0.302. The van der Waals surface area contributed by atoms with Crippen LogP contribution >= 0.6 is 0 Å². The zero-order chi connectivity index (χ0) is 19.9. The van der Waals surface area contributed by atoms with Gasteiger partial charge >= 0.3 is 0 Å². The van der Waals surface area contributed by atoms with Crippen LogP contribution in [0.1, 0.15) is 24.9 Å². The quantitative estimate of drug-likeness (QED) is 0.657. The fourth-order valence-corrected chi connectivity index (χ4v) is 2.77. The number of nitrogens with zero attached hydrogens (tertiary/aromatic N) is 3. The van der Waals surface area contributed by atoms with Gasteiger partial charge in [0.25, 0.3) is 0 Å². The highest BCUT2D eigenvalue weighted by molar-refractivity contribution is 5.91. The first-order chi connectivity index (χ1) is 13.5. The van der Waals surface area contributed by atoms with Gasteiger partial charge in [-0.1, -0.05) is 12.1 Å². The van der Waals surface area contributed by atoms with Crippen molar-refractivity contribution in [3.8, 4) is 11.4 Å². The molecule has 1 unspecified atom stereocenters. The molecule has 3 aromatic rings. The first-order valence-corrected chi connectivity index (χ1v) is 8.71. The normalized spacial score (nSPS) is 11.5. The molecule has 0 fully saturated rings. The Labute approximate surface area is 162 Å². The molecule has 0 aliphatic heterocycles. The van der Waals surface area contributed by atoms with Crippen LogP contribution in [0.25, 0.3) is 5.69 Å². The van der Waals surface area contributed by atoms with Crippen LogP contribution < -0.4 is 15.4 Å². The van der Waals surface area contributed by atoms with Gasteiger partial charge in [-0.05, 0) is 42.0 Å². The predicted octanol–water partition coefficient (Wildman–Crippen LogP) is 2.48. The lowest BCUT2D eigenvalue weighted by Gasteiger charge is -2.18. The lowest BCUT2D eigenvalue weighted by atomic mass is 10.0. The number of anilines is 1. The molecule has 1 heterocycles. The number of nitrogens with one attached hydrogen (secondary N) is 2. The molecule has 3 rings (SSSR count). The molecule has 8 heteroatoms. The highest BCUT2D eigenvalue weighted by atomic mass is 16.5. The summed E-state index contributed by atoms with van der Waals surface area (Å²) < 4.78 is 6.78. The third-order valence-corrected chi connectivity index (χ3v) is 4.12. The second-order valence-electron chi connectivity index (χ2n) is 6.17. The van der Waals surface area contributed by atoms with Crippen LogP contribution in [0.3, 0.4) is 0 Å². The third-order valence-electron chi connectivity index (χ3n) is 4.12. The minimum atomic E-state index is -0.433. The maximum atomic E-state index is 12.5. The molecular weight excluding hydrogens is 358 g/mol. The number of amides is 2. The first-order valence-electron chi connectivity index (χ1n) is 8.71. The lowest BCUT2D eigenvalue weighted by Crippen LogP contribution is -2.29. The van der Waals surface area contributed by atoms with E-state index in [1.165, 1.54) is 13.3 Å². The predicted molar refractivity (Wildman–Crippen MR) is 104 cm³/mol. The smallest absolute Gasteiger partial charge is 0.226 e. The third kappa shape index (κ3) is 4.94. The van der Waals surface area contributed by atoms with Crippen LogP contribution in [0, 0.1) is 0 Å².